The van der Waals surface area contributed by atoms with Crippen molar-refractivity contribution in [2.75, 3.05) is 13.7 Å². The molecular formula is C17H29ClN2O3. The molecule has 0 aliphatic carbocycles. The van der Waals surface area contributed by atoms with Crippen LogP contribution in [0.2, 0.25) is 0 Å². The van der Waals surface area contributed by atoms with Gasteiger partial charge in [0.05, 0.1) is 19.8 Å². The van der Waals surface area contributed by atoms with Gasteiger partial charge in [-0.25, -0.2) is 0 Å². The average molecular weight is 345 g/mol. The Balaban J connectivity index is 0.00000484. The van der Waals surface area contributed by atoms with Gasteiger partial charge >= 0.3 is 0 Å². The molecule has 1 rings (SSSR count). The van der Waals surface area contributed by atoms with Crippen LogP contribution in [-0.2, 0) is 4.79 Å². The van der Waals surface area contributed by atoms with Crippen LogP contribution in [0.25, 0.3) is 0 Å². The number of nitrogens with one attached hydrogen (secondary N) is 1. The molecular weight excluding hydrogens is 316 g/mol. The van der Waals surface area contributed by atoms with E-state index >= 15 is 0 Å². The first-order chi connectivity index (χ1) is 10.3. The quantitative estimate of drug-likeness (QED) is 0.760. The second-order valence-electron chi connectivity index (χ2n) is 6.09. The number of benzene rings is 1. The van der Waals surface area contributed by atoms with Gasteiger partial charge in [0.25, 0.3) is 0 Å². The lowest BCUT2D eigenvalue weighted by molar-refractivity contribution is -0.122. The highest BCUT2D eigenvalue weighted by molar-refractivity contribution is 5.85. The highest BCUT2D eigenvalue weighted by Gasteiger charge is 2.14. The fourth-order valence-electron chi connectivity index (χ4n) is 2.01. The summed E-state index contributed by atoms with van der Waals surface area (Å²) in [7, 11) is 1.61. The number of nitrogens with two attached hydrogens (primary N) is 1. The monoisotopic (exact) mass is 344 g/mol. The lowest BCUT2D eigenvalue weighted by atomic mass is 10.1. The predicted octanol–water partition coefficient (Wildman–Crippen LogP) is 3.07. The van der Waals surface area contributed by atoms with Crippen molar-refractivity contribution in [2.24, 2.45) is 11.7 Å². The van der Waals surface area contributed by atoms with Gasteiger partial charge in [-0.1, -0.05) is 19.9 Å². The van der Waals surface area contributed by atoms with Gasteiger partial charge in [0.15, 0.2) is 11.5 Å². The van der Waals surface area contributed by atoms with E-state index in [1.165, 1.54) is 0 Å². The van der Waals surface area contributed by atoms with Crippen molar-refractivity contribution >= 4 is 18.3 Å². The van der Waals surface area contributed by atoms with E-state index in [0.717, 1.165) is 5.56 Å². The van der Waals surface area contributed by atoms with Gasteiger partial charge in [0.1, 0.15) is 0 Å². The minimum atomic E-state index is -0.145. The zero-order valence-corrected chi connectivity index (χ0v) is 15.4. The van der Waals surface area contributed by atoms with Crippen molar-refractivity contribution in [3.8, 4) is 11.5 Å². The van der Waals surface area contributed by atoms with Crippen LogP contribution in [0.1, 0.15) is 45.7 Å². The number of methoxy groups -OCH3 is 1. The number of amides is 1. The van der Waals surface area contributed by atoms with Crippen LogP contribution in [0, 0.1) is 5.92 Å². The molecule has 1 aromatic rings. The molecule has 3 N–H and O–H groups in total. The Labute approximate surface area is 145 Å². The molecule has 132 valence electrons. The number of hydrogen-bond acceptors (Lipinski definition) is 4. The smallest absolute Gasteiger partial charge is 0.222 e. The summed E-state index contributed by atoms with van der Waals surface area (Å²) in [6, 6.07) is 5.46. The number of carbonyl (C=O) groups is 1. The molecule has 5 nitrogen and oxygen atoms in total. The van der Waals surface area contributed by atoms with E-state index in [0.29, 0.717) is 30.4 Å². The molecule has 2 atom stereocenters. The first-order valence-electron chi connectivity index (χ1n) is 7.69. The van der Waals surface area contributed by atoms with Crippen molar-refractivity contribution in [2.45, 2.75) is 46.2 Å². The van der Waals surface area contributed by atoms with Gasteiger partial charge in [0.2, 0.25) is 5.91 Å². The van der Waals surface area contributed by atoms with Crippen molar-refractivity contribution in [3.63, 3.8) is 0 Å². The molecule has 0 heterocycles. The Morgan fingerprint density at radius 2 is 1.87 bits per heavy atom. The minimum absolute atomic E-state index is 0. The summed E-state index contributed by atoms with van der Waals surface area (Å²) in [5.41, 5.74) is 6.60. The highest BCUT2D eigenvalue weighted by atomic mass is 35.5. The minimum Gasteiger partial charge on any atom is -0.493 e. The number of hydrogen-bond donors (Lipinski definition) is 2. The predicted molar refractivity (Wildman–Crippen MR) is 95.4 cm³/mol. The summed E-state index contributed by atoms with van der Waals surface area (Å²) >= 11 is 0. The summed E-state index contributed by atoms with van der Waals surface area (Å²) in [4.78, 5) is 11.8. The Morgan fingerprint density at radius 3 is 2.39 bits per heavy atom. The molecule has 23 heavy (non-hydrogen) atoms. The van der Waals surface area contributed by atoms with Gasteiger partial charge in [0, 0.05) is 12.5 Å². The van der Waals surface area contributed by atoms with Gasteiger partial charge in [-0.2, -0.15) is 0 Å². The summed E-state index contributed by atoms with van der Waals surface area (Å²) in [6.45, 7) is 8.57. The van der Waals surface area contributed by atoms with Crippen LogP contribution in [0.5, 0.6) is 11.5 Å². The first-order valence-corrected chi connectivity index (χ1v) is 7.69. The zero-order valence-electron chi connectivity index (χ0n) is 14.6. The van der Waals surface area contributed by atoms with E-state index < -0.39 is 0 Å². The van der Waals surface area contributed by atoms with Crippen LogP contribution in [-0.4, -0.2) is 25.7 Å². The fraction of sp³-hybridized carbons (Fsp3) is 0.588. The second-order valence-corrected chi connectivity index (χ2v) is 6.09. The van der Waals surface area contributed by atoms with Gasteiger partial charge in [-0.3, -0.25) is 4.79 Å². The van der Waals surface area contributed by atoms with Crippen molar-refractivity contribution in [1.82, 2.24) is 5.32 Å². The molecule has 0 aromatic heterocycles. The molecule has 1 aromatic carbocycles. The van der Waals surface area contributed by atoms with Gasteiger partial charge in [-0.05, 0) is 37.5 Å². The molecule has 0 aliphatic heterocycles. The maximum Gasteiger partial charge on any atom is 0.222 e. The van der Waals surface area contributed by atoms with Crippen molar-refractivity contribution < 1.29 is 14.3 Å². The summed E-state index contributed by atoms with van der Waals surface area (Å²) in [5.74, 6) is 1.78. The molecule has 1 amide bonds. The van der Waals surface area contributed by atoms with Gasteiger partial charge < -0.3 is 20.5 Å². The normalized spacial score (nSPS) is 13.0. The maximum absolute atomic E-state index is 11.8. The van der Waals surface area contributed by atoms with E-state index in [9.17, 15) is 4.79 Å². The molecule has 0 spiro atoms. The molecule has 0 saturated heterocycles. The molecule has 0 saturated carbocycles. The standard InChI is InChI=1S/C17H28N2O3.ClH/c1-11(2)10-22-15-7-6-14(9-16(15)21-5)13(4)19-17(20)8-12(3)18;/h6-7,9,11-13H,8,10,18H2,1-5H3,(H,19,20);1H. The Hall–Kier alpha value is -1.46. The SMILES string of the molecule is COc1cc(C(C)NC(=O)CC(C)N)ccc1OCC(C)C.Cl. The van der Waals surface area contributed by atoms with E-state index in [-0.39, 0.29) is 30.4 Å². The first kappa shape index (κ1) is 21.5. The largest absolute Gasteiger partial charge is 0.493 e. The lowest BCUT2D eigenvalue weighted by Gasteiger charge is -2.18. The zero-order chi connectivity index (χ0) is 16.7. The van der Waals surface area contributed by atoms with Crippen LogP contribution in [0.4, 0.5) is 0 Å². The van der Waals surface area contributed by atoms with Crippen LogP contribution in [0.15, 0.2) is 18.2 Å². The van der Waals surface area contributed by atoms with Crippen LogP contribution < -0.4 is 20.5 Å². The summed E-state index contributed by atoms with van der Waals surface area (Å²) in [6.07, 6.45) is 0.317. The Bertz CT molecular complexity index is 493. The molecule has 0 fully saturated rings. The molecule has 6 heteroatoms. The third-order valence-corrected chi connectivity index (χ3v) is 3.14. The number of carbonyl (C=O) groups excluding carboxylic acids is 1. The summed E-state index contributed by atoms with van der Waals surface area (Å²) < 4.78 is 11.1. The Kier molecular flexibility index (Phi) is 9.68. The number of rotatable bonds is 8. The topological polar surface area (TPSA) is 73.6 Å². The van der Waals surface area contributed by atoms with E-state index in [1.54, 1.807) is 7.11 Å². The van der Waals surface area contributed by atoms with Crippen molar-refractivity contribution in [1.29, 1.82) is 0 Å². The maximum atomic E-state index is 11.8. The van der Waals surface area contributed by atoms with E-state index in [1.807, 2.05) is 32.0 Å². The van der Waals surface area contributed by atoms with E-state index in [4.69, 9.17) is 15.2 Å². The third kappa shape index (κ3) is 7.57. The molecule has 0 aliphatic rings. The molecule has 0 radical (unpaired) electrons. The summed E-state index contributed by atoms with van der Waals surface area (Å²) in [5, 5.41) is 2.93. The number of halogens is 1. The number of ether oxygens (including phenoxy) is 2. The third-order valence-electron chi connectivity index (χ3n) is 3.14. The second kappa shape index (κ2) is 10.3. The van der Waals surface area contributed by atoms with Crippen molar-refractivity contribution in [3.05, 3.63) is 23.8 Å². The molecule has 0 bridgehead atoms. The average Bonchev–Trinajstić information content (AvgIpc) is 2.43. The van der Waals surface area contributed by atoms with Crippen LogP contribution >= 0.6 is 12.4 Å². The fourth-order valence-corrected chi connectivity index (χ4v) is 2.01. The van der Waals surface area contributed by atoms with Crippen LogP contribution in [0.3, 0.4) is 0 Å². The Morgan fingerprint density at radius 1 is 1.22 bits per heavy atom. The van der Waals surface area contributed by atoms with Gasteiger partial charge in [-0.15, -0.1) is 12.4 Å². The molecule has 2 unspecified atom stereocenters. The lowest BCUT2D eigenvalue weighted by Crippen LogP contribution is -2.31. The highest BCUT2D eigenvalue weighted by Crippen LogP contribution is 2.30. The van der Waals surface area contributed by atoms with E-state index in [2.05, 4.69) is 19.2 Å².